The Bertz CT molecular complexity index is 337. The molecule has 0 saturated carbocycles. The Morgan fingerprint density at radius 3 is 3.27 bits per heavy atom. The van der Waals surface area contributed by atoms with E-state index in [0.717, 1.165) is 10.9 Å². The summed E-state index contributed by atoms with van der Waals surface area (Å²) in [6.45, 7) is 3.34. The zero-order valence-corrected chi connectivity index (χ0v) is 11.4. The highest BCUT2D eigenvalue weighted by molar-refractivity contribution is 7.99. The Morgan fingerprint density at radius 2 is 2.53 bits per heavy atom. The molecule has 1 aromatic heterocycles. The minimum Gasteiger partial charge on any atom is -0.309 e. The number of thioether (sulfide) groups is 1. The number of halogens is 1. The van der Waals surface area contributed by atoms with E-state index in [4.69, 9.17) is 11.6 Å². The fourth-order valence-electron chi connectivity index (χ4n) is 1.93. The summed E-state index contributed by atoms with van der Waals surface area (Å²) in [5.74, 6) is 0. The minimum absolute atomic E-state index is 0.540. The standard InChI is InChI=1S/C11H16ClNS2/c1-7(14-2)6-13-9-3-4-10-8(9)5-11(12)15-10/h5,7,9,13H,3-4,6H2,1-2H3. The predicted octanol–water partition coefficient (Wildman–Crippen LogP) is 3.73. The van der Waals surface area contributed by atoms with Crippen LogP contribution in [0, 0.1) is 0 Å². The van der Waals surface area contributed by atoms with Gasteiger partial charge in [0.15, 0.2) is 0 Å². The van der Waals surface area contributed by atoms with Gasteiger partial charge in [0.05, 0.1) is 4.34 Å². The summed E-state index contributed by atoms with van der Waals surface area (Å²) in [7, 11) is 0. The number of nitrogens with one attached hydrogen (secondary N) is 1. The maximum atomic E-state index is 6.02. The Kier molecular flexibility index (Phi) is 3.99. The van der Waals surface area contributed by atoms with Crippen LogP contribution >= 0.6 is 34.7 Å². The number of aryl methyl sites for hydroxylation is 1. The van der Waals surface area contributed by atoms with Crippen molar-refractivity contribution in [3.05, 3.63) is 20.8 Å². The molecule has 4 heteroatoms. The molecule has 1 aromatic rings. The van der Waals surface area contributed by atoms with Crippen LogP contribution in [-0.2, 0) is 6.42 Å². The molecule has 1 nitrogen and oxygen atoms in total. The lowest BCUT2D eigenvalue weighted by molar-refractivity contribution is 0.533. The van der Waals surface area contributed by atoms with Gasteiger partial charge in [-0.15, -0.1) is 11.3 Å². The first kappa shape index (κ1) is 11.8. The number of rotatable bonds is 4. The minimum atomic E-state index is 0.540. The Labute approximate surface area is 105 Å². The normalized spacial score (nSPS) is 21.7. The van der Waals surface area contributed by atoms with E-state index in [9.17, 15) is 0 Å². The Hall–Kier alpha value is 0.300. The van der Waals surface area contributed by atoms with Crippen molar-refractivity contribution < 1.29 is 0 Å². The molecule has 0 fully saturated rings. The lowest BCUT2D eigenvalue weighted by Crippen LogP contribution is -2.25. The largest absolute Gasteiger partial charge is 0.309 e. The van der Waals surface area contributed by atoms with Crippen molar-refractivity contribution in [2.75, 3.05) is 12.8 Å². The van der Waals surface area contributed by atoms with Crippen LogP contribution in [0.15, 0.2) is 6.07 Å². The van der Waals surface area contributed by atoms with Crippen LogP contribution in [0.5, 0.6) is 0 Å². The van der Waals surface area contributed by atoms with Crippen LogP contribution in [0.2, 0.25) is 4.34 Å². The molecule has 1 aliphatic rings. The number of thiophene rings is 1. The maximum absolute atomic E-state index is 6.02. The Morgan fingerprint density at radius 1 is 1.73 bits per heavy atom. The van der Waals surface area contributed by atoms with Gasteiger partial charge in [-0.05, 0) is 30.7 Å². The molecule has 15 heavy (non-hydrogen) atoms. The van der Waals surface area contributed by atoms with Crippen LogP contribution in [0.4, 0.5) is 0 Å². The van der Waals surface area contributed by atoms with E-state index in [-0.39, 0.29) is 0 Å². The van der Waals surface area contributed by atoms with Crippen molar-refractivity contribution >= 4 is 34.7 Å². The molecule has 2 rings (SSSR count). The molecule has 0 aromatic carbocycles. The molecule has 0 spiro atoms. The Balaban J connectivity index is 1.95. The number of fused-ring (bicyclic) bond motifs is 1. The molecule has 84 valence electrons. The van der Waals surface area contributed by atoms with Crippen LogP contribution in [-0.4, -0.2) is 18.1 Å². The molecule has 0 aliphatic heterocycles. The van der Waals surface area contributed by atoms with Crippen LogP contribution in [0.1, 0.15) is 29.8 Å². The van der Waals surface area contributed by atoms with Gasteiger partial charge in [-0.3, -0.25) is 0 Å². The van der Waals surface area contributed by atoms with Crippen LogP contribution < -0.4 is 5.32 Å². The third kappa shape index (κ3) is 2.70. The zero-order chi connectivity index (χ0) is 10.8. The van der Waals surface area contributed by atoms with Gasteiger partial charge in [0, 0.05) is 22.7 Å². The van der Waals surface area contributed by atoms with E-state index in [0.29, 0.717) is 11.3 Å². The molecule has 1 heterocycles. The first-order valence-electron chi connectivity index (χ1n) is 5.25. The van der Waals surface area contributed by atoms with Crippen molar-refractivity contribution in [2.45, 2.75) is 31.1 Å². The zero-order valence-electron chi connectivity index (χ0n) is 9.05. The fraction of sp³-hybridized carbons (Fsp3) is 0.636. The SMILES string of the molecule is CSC(C)CNC1CCc2sc(Cl)cc21. The average Bonchev–Trinajstić information content (AvgIpc) is 2.73. The maximum Gasteiger partial charge on any atom is 0.0934 e. The lowest BCUT2D eigenvalue weighted by Gasteiger charge is -2.15. The molecule has 1 N–H and O–H groups in total. The van der Waals surface area contributed by atoms with E-state index in [1.165, 1.54) is 23.3 Å². The van der Waals surface area contributed by atoms with Gasteiger partial charge in [0.1, 0.15) is 0 Å². The topological polar surface area (TPSA) is 12.0 Å². The molecule has 0 bridgehead atoms. The summed E-state index contributed by atoms with van der Waals surface area (Å²) in [6.07, 6.45) is 4.59. The lowest BCUT2D eigenvalue weighted by atomic mass is 10.2. The van der Waals surface area contributed by atoms with Crippen molar-refractivity contribution in [1.29, 1.82) is 0 Å². The monoisotopic (exact) mass is 261 g/mol. The van der Waals surface area contributed by atoms with Gasteiger partial charge < -0.3 is 5.32 Å². The van der Waals surface area contributed by atoms with E-state index < -0.39 is 0 Å². The quantitative estimate of drug-likeness (QED) is 0.887. The third-order valence-corrected chi connectivity index (χ3v) is 5.21. The molecular weight excluding hydrogens is 246 g/mol. The average molecular weight is 262 g/mol. The highest BCUT2D eigenvalue weighted by Gasteiger charge is 2.24. The second-order valence-electron chi connectivity index (χ2n) is 3.97. The molecule has 0 radical (unpaired) electrons. The smallest absolute Gasteiger partial charge is 0.0934 e. The van der Waals surface area contributed by atoms with Crippen molar-refractivity contribution in [3.8, 4) is 0 Å². The molecule has 2 atom stereocenters. The van der Waals surface area contributed by atoms with Gasteiger partial charge in [-0.25, -0.2) is 0 Å². The summed E-state index contributed by atoms with van der Waals surface area (Å²) < 4.78 is 0.935. The van der Waals surface area contributed by atoms with Crippen molar-refractivity contribution in [3.63, 3.8) is 0 Å². The molecule has 2 unspecified atom stereocenters. The van der Waals surface area contributed by atoms with Crippen LogP contribution in [0.25, 0.3) is 0 Å². The summed E-state index contributed by atoms with van der Waals surface area (Å²) in [6, 6.07) is 2.68. The summed E-state index contributed by atoms with van der Waals surface area (Å²) in [5, 5.41) is 4.31. The number of hydrogen-bond donors (Lipinski definition) is 1. The van der Waals surface area contributed by atoms with Gasteiger partial charge in [-0.2, -0.15) is 11.8 Å². The van der Waals surface area contributed by atoms with Gasteiger partial charge in [0.2, 0.25) is 0 Å². The predicted molar refractivity (Wildman–Crippen MR) is 71.4 cm³/mol. The second-order valence-corrected chi connectivity index (χ2v) is 7.02. The first-order chi connectivity index (χ1) is 7.20. The van der Waals surface area contributed by atoms with Crippen molar-refractivity contribution in [1.82, 2.24) is 5.32 Å². The van der Waals surface area contributed by atoms with Gasteiger partial charge in [-0.1, -0.05) is 18.5 Å². The summed E-state index contributed by atoms with van der Waals surface area (Å²) in [5.41, 5.74) is 1.44. The summed E-state index contributed by atoms with van der Waals surface area (Å²) in [4.78, 5) is 1.48. The van der Waals surface area contributed by atoms with E-state index in [1.54, 1.807) is 11.3 Å². The molecule has 0 saturated heterocycles. The van der Waals surface area contributed by atoms with Crippen LogP contribution in [0.3, 0.4) is 0 Å². The second kappa shape index (κ2) is 5.09. The molecule has 1 aliphatic carbocycles. The number of hydrogen-bond acceptors (Lipinski definition) is 3. The highest BCUT2D eigenvalue weighted by Crippen LogP contribution is 2.39. The van der Waals surface area contributed by atoms with Gasteiger partial charge in [0.25, 0.3) is 0 Å². The van der Waals surface area contributed by atoms with Gasteiger partial charge >= 0.3 is 0 Å². The van der Waals surface area contributed by atoms with E-state index in [2.05, 4.69) is 24.6 Å². The molecule has 0 amide bonds. The third-order valence-electron chi connectivity index (χ3n) is 2.90. The van der Waals surface area contributed by atoms with E-state index >= 15 is 0 Å². The fourth-order valence-corrected chi connectivity index (χ4v) is 3.55. The first-order valence-corrected chi connectivity index (χ1v) is 7.73. The van der Waals surface area contributed by atoms with E-state index in [1.807, 2.05) is 11.8 Å². The summed E-state index contributed by atoms with van der Waals surface area (Å²) >= 11 is 9.67. The highest BCUT2D eigenvalue weighted by atomic mass is 35.5. The molecular formula is C11H16ClNS2. The van der Waals surface area contributed by atoms with Crippen molar-refractivity contribution in [2.24, 2.45) is 0 Å².